The smallest absolute Gasteiger partial charge is 0.408 e. The fourth-order valence-corrected chi connectivity index (χ4v) is 4.00. The Morgan fingerprint density at radius 3 is 1.95 bits per heavy atom. The van der Waals surface area contributed by atoms with Gasteiger partial charge in [-0.05, 0) is 98.3 Å². The number of hydrogen-bond donors (Lipinski definition) is 2. The fraction of sp³-hybridized carbons (Fsp3) is 0.700. The molecule has 0 aliphatic rings. The molecule has 37 heavy (non-hydrogen) atoms. The molecule has 0 saturated heterocycles. The van der Waals surface area contributed by atoms with Crippen LogP contribution in [0.15, 0.2) is 18.2 Å². The summed E-state index contributed by atoms with van der Waals surface area (Å²) in [6.45, 7) is 25.0. The molecular weight excluding hydrogens is 466 g/mol. The van der Waals surface area contributed by atoms with Gasteiger partial charge in [0.2, 0.25) is 11.8 Å². The molecule has 1 rings (SSSR count). The molecule has 1 aromatic rings. The molecule has 1 aromatic carbocycles. The van der Waals surface area contributed by atoms with Crippen molar-refractivity contribution >= 4 is 17.9 Å². The van der Waals surface area contributed by atoms with E-state index >= 15 is 0 Å². The van der Waals surface area contributed by atoms with E-state index in [2.05, 4.69) is 10.6 Å². The van der Waals surface area contributed by atoms with E-state index in [1.54, 1.807) is 25.7 Å². The van der Waals surface area contributed by atoms with Crippen LogP contribution in [-0.4, -0.2) is 45.5 Å². The van der Waals surface area contributed by atoms with Crippen molar-refractivity contribution in [3.05, 3.63) is 34.9 Å². The molecule has 0 aliphatic carbocycles. The number of hydrogen-bond acceptors (Lipinski definition) is 4. The molecule has 0 bridgehead atoms. The standard InChI is InChI=1S/C30H51N3O4/c1-14-19(3)23(31-27(36)37-29(9,10)11)26(35)33(30(12,13)15-2)24(25(34)32-28(6,7)8)22-17-16-20(4)21(5)18-22/h16-19,23-24H,14-15H2,1-13H3,(H,31,36)(H,32,34). The summed E-state index contributed by atoms with van der Waals surface area (Å²) >= 11 is 0. The van der Waals surface area contributed by atoms with Crippen LogP contribution in [0.1, 0.15) is 112 Å². The Bertz CT molecular complexity index is 957. The van der Waals surface area contributed by atoms with Crippen molar-refractivity contribution in [1.29, 1.82) is 0 Å². The minimum absolute atomic E-state index is 0.179. The van der Waals surface area contributed by atoms with Crippen molar-refractivity contribution in [3.63, 3.8) is 0 Å². The Balaban J connectivity index is 3.76. The molecule has 0 heterocycles. The topological polar surface area (TPSA) is 87.7 Å². The van der Waals surface area contributed by atoms with Gasteiger partial charge < -0.3 is 20.3 Å². The van der Waals surface area contributed by atoms with Gasteiger partial charge in [-0.15, -0.1) is 0 Å². The summed E-state index contributed by atoms with van der Waals surface area (Å²) in [5, 5.41) is 5.92. The lowest BCUT2D eigenvalue weighted by atomic mass is 9.88. The summed E-state index contributed by atoms with van der Waals surface area (Å²) in [5.41, 5.74) is 1.00. The zero-order valence-electron chi connectivity index (χ0n) is 25.5. The van der Waals surface area contributed by atoms with Crippen molar-refractivity contribution in [3.8, 4) is 0 Å². The average molecular weight is 518 g/mol. The van der Waals surface area contributed by atoms with E-state index in [1.807, 2.05) is 87.4 Å². The molecule has 0 aliphatic heterocycles. The van der Waals surface area contributed by atoms with Gasteiger partial charge in [0.05, 0.1) is 0 Å². The molecule has 0 saturated carbocycles. The molecule has 2 N–H and O–H groups in total. The number of alkyl carbamates (subject to hydrolysis) is 1. The third kappa shape index (κ3) is 9.35. The summed E-state index contributed by atoms with van der Waals surface area (Å²) in [5.74, 6) is -0.744. The molecule has 0 fully saturated rings. The van der Waals surface area contributed by atoms with Crippen molar-refractivity contribution < 1.29 is 19.1 Å². The van der Waals surface area contributed by atoms with Crippen LogP contribution in [0.25, 0.3) is 0 Å². The van der Waals surface area contributed by atoms with Crippen molar-refractivity contribution in [2.75, 3.05) is 0 Å². The first-order valence-corrected chi connectivity index (χ1v) is 13.5. The number of nitrogens with zero attached hydrogens (tertiary/aromatic N) is 1. The molecule has 0 spiro atoms. The molecule has 3 amide bonds. The van der Waals surface area contributed by atoms with Crippen LogP contribution in [0, 0.1) is 19.8 Å². The van der Waals surface area contributed by atoms with Gasteiger partial charge in [0.25, 0.3) is 0 Å². The van der Waals surface area contributed by atoms with Crippen molar-refractivity contribution in [2.24, 2.45) is 5.92 Å². The van der Waals surface area contributed by atoms with Gasteiger partial charge in [0, 0.05) is 11.1 Å². The predicted molar refractivity (Wildman–Crippen MR) is 150 cm³/mol. The van der Waals surface area contributed by atoms with Gasteiger partial charge in [-0.2, -0.15) is 0 Å². The maximum atomic E-state index is 14.5. The monoisotopic (exact) mass is 517 g/mol. The molecule has 7 heteroatoms. The van der Waals surface area contributed by atoms with E-state index in [0.717, 1.165) is 16.7 Å². The summed E-state index contributed by atoms with van der Waals surface area (Å²) in [7, 11) is 0. The maximum Gasteiger partial charge on any atom is 0.408 e. The highest BCUT2D eigenvalue weighted by Gasteiger charge is 2.44. The summed E-state index contributed by atoms with van der Waals surface area (Å²) in [6.07, 6.45) is 0.625. The van der Waals surface area contributed by atoms with Crippen molar-refractivity contribution in [2.45, 2.75) is 132 Å². The Morgan fingerprint density at radius 2 is 1.51 bits per heavy atom. The Kier molecular flexibility index (Phi) is 10.8. The van der Waals surface area contributed by atoms with E-state index in [4.69, 9.17) is 4.74 Å². The second kappa shape index (κ2) is 12.3. The third-order valence-corrected chi connectivity index (χ3v) is 6.76. The maximum absolute atomic E-state index is 14.5. The highest BCUT2D eigenvalue weighted by molar-refractivity contribution is 5.93. The van der Waals surface area contributed by atoms with Crippen LogP contribution in [0.3, 0.4) is 0 Å². The van der Waals surface area contributed by atoms with Gasteiger partial charge in [0.15, 0.2) is 0 Å². The van der Waals surface area contributed by atoms with Crippen LogP contribution in [0.4, 0.5) is 4.79 Å². The first-order valence-electron chi connectivity index (χ1n) is 13.5. The van der Waals surface area contributed by atoms with Crippen LogP contribution in [0.2, 0.25) is 0 Å². The number of rotatable bonds is 9. The Labute approximate surface area is 225 Å². The summed E-state index contributed by atoms with van der Waals surface area (Å²) in [6, 6.07) is 4.14. The van der Waals surface area contributed by atoms with Crippen molar-refractivity contribution in [1.82, 2.24) is 15.5 Å². The molecule has 3 atom stereocenters. The third-order valence-electron chi connectivity index (χ3n) is 6.76. The number of carbonyl (C=O) groups excluding carboxylic acids is 3. The SMILES string of the molecule is CCC(C)C(NC(=O)OC(C)(C)C)C(=O)N(C(C(=O)NC(C)(C)C)c1ccc(C)c(C)c1)C(C)(C)CC. The fourth-order valence-electron chi connectivity index (χ4n) is 4.00. The minimum atomic E-state index is -0.882. The van der Waals surface area contributed by atoms with E-state index in [-0.39, 0.29) is 17.7 Å². The number of ether oxygens (including phenoxy) is 1. The van der Waals surface area contributed by atoms with Gasteiger partial charge in [0.1, 0.15) is 17.7 Å². The number of amides is 3. The Hall–Kier alpha value is -2.57. The normalized spacial score (nSPS) is 14.8. The number of carbonyl (C=O) groups is 3. The lowest BCUT2D eigenvalue weighted by Crippen LogP contribution is -2.61. The first kappa shape index (κ1) is 32.5. The zero-order valence-corrected chi connectivity index (χ0v) is 25.5. The van der Waals surface area contributed by atoms with Gasteiger partial charge in [-0.3, -0.25) is 9.59 Å². The second-order valence-electron chi connectivity index (χ2n) is 12.9. The van der Waals surface area contributed by atoms with E-state index in [9.17, 15) is 14.4 Å². The Morgan fingerprint density at radius 1 is 0.946 bits per heavy atom. The van der Waals surface area contributed by atoms with Crippen LogP contribution in [-0.2, 0) is 14.3 Å². The van der Waals surface area contributed by atoms with Gasteiger partial charge >= 0.3 is 6.09 Å². The minimum Gasteiger partial charge on any atom is -0.444 e. The van der Waals surface area contributed by atoms with Gasteiger partial charge in [-0.1, -0.05) is 45.4 Å². The number of aryl methyl sites for hydroxylation is 2. The van der Waals surface area contributed by atoms with Gasteiger partial charge in [-0.25, -0.2) is 4.79 Å². The largest absolute Gasteiger partial charge is 0.444 e. The molecule has 0 aromatic heterocycles. The molecule has 0 radical (unpaired) electrons. The van der Waals surface area contributed by atoms with E-state index < -0.39 is 34.9 Å². The second-order valence-corrected chi connectivity index (χ2v) is 12.9. The van der Waals surface area contributed by atoms with E-state index in [0.29, 0.717) is 12.8 Å². The predicted octanol–water partition coefficient (Wildman–Crippen LogP) is 6.22. The van der Waals surface area contributed by atoms with Crippen LogP contribution in [0.5, 0.6) is 0 Å². The quantitative estimate of drug-likeness (QED) is 0.407. The lowest BCUT2D eigenvalue weighted by Gasteiger charge is -2.46. The highest BCUT2D eigenvalue weighted by atomic mass is 16.6. The molecular formula is C30H51N3O4. The average Bonchev–Trinajstić information content (AvgIpc) is 2.74. The summed E-state index contributed by atoms with van der Waals surface area (Å²) in [4.78, 5) is 42.9. The van der Waals surface area contributed by atoms with Crippen LogP contribution >= 0.6 is 0 Å². The zero-order chi connectivity index (χ0) is 28.9. The number of benzene rings is 1. The first-order chi connectivity index (χ1) is 16.7. The lowest BCUT2D eigenvalue weighted by molar-refractivity contribution is -0.151. The van der Waals surface area contributed by atoms with Crippen LogP contribution < -0.4 is 10.6 Å². The highest BCUT2D eigenvalue weighted by Crippen LogP contribution is 2.34. The summed E-state index contributed by atoms with van der Waals surface area (Å²) < 4.78 is 5.49. The molecule has 7 nitrogen and oxygen atoms in total. The van der Waals surface area contributed by atoms with E-state index in [1.165, 1.54) is 0 Å². The molecule has 210 valence electrons. The number of nitrogens with one attached hydrogen (secondary N) is 2. The molecule has 3 unspecified atom stereocenters.